The number of nitriles is 1. The Balaban J connectivity index is 0.00000201. The molecule has 0 bridgehead atoms. The van der Waals surface area contributed by atoms with Gasteiger partial charge in [0.05, 0.1) is 73.2 Å². The van der Waals surface area contributed by atoms with Gasteiger partial charge in [-0.25, -0.2) is 4.98 Å². The number of thioether (sulfide) groups is 2. The van der Waals surface area contributed by atoms with Gasteiger partial charge in [0.1, 0.15) is 45.0 Å². The number of nitrogens with zero attached hydrogens (tertiary/aromatic N) is 16. The summed E-state index contributed by atoms with van der Waals surface area (Å²) in [4.78, 5) is 28.5. The van der Waals surface area contributed by atoms with E-state index in [1.807, 2.05) is 0 Å². The lowest BCUT2D eigenvalue weighted by atomic mass is 10.1. The van der Waals surface area contributed by atoms with Crippen LogP contribution in [0, 0.1) is 42.2 Å². The maximum Gasteiger partial charge on any atom is 0.425 e. The predicted molar refractivity (Wildman–Crippen MR) is 434 cm³/mol. The third-order valence-corrected chi connectivity index (χ3v) is 22.0. The molecule has 0 aliphatic rings. The number of nitro benzene ring substituents is 1. The van der Waals surface area contributed by atoms with E-state index in [1.54, 1.807) is 45.4 Å². The lowest BCUT2D eigenvalue weighted by molar-refractivity contribution is -0.385. The van der Waals surface area contributed by atoms with Crippen molar-refractivity contribution < 1.29 is 123 Å². The number of anilines is 5. The number of rotatable bonds is 34. The summed E-state index contributed by atoms with van der Waals surface area (Å²) in [7, 11) is -29.6. The number of non-ortho nitro benzene ring substituents is 1. The summed E-state index contributed by atoms with van der Waals surface area (Å²) in [6, 6.07) is 24.3. The van der Waals surface area contributed by atoms with Gasteiger partial charge in [0.25, 0.3) is 66.4 Å². The fourth-order valence-corrected chi connectivity index (χ4v) is 15.1. The van der Waals surface area contributed by atoms with Crippen molar-refractivity contribution in [1.82, 2.24) is 24.3 Å². The van der Waals surface area contributed by atoms with Gasteiger partial charge in [-0.15, -0.1) is 79.5 Å². The van der Waals surface area contributed by atoms with E-state index in [9.17, 15) is 98.3 Å². The summed E-state index contributed by atoms with van der Waals surface area (Å²) >= 11 is 1.93. The number of azo groups is 4. The van der Waals surface area contributed by atoms with Crippen molar-refractivity contribution in [3.05, 3.63) is 135 Å². The van der Waals surface area contributed by atoms with Gasteiger partial charge in [0.2, 0.25) is 23.7 Å². The Morgan fingerprint density at radius 1 is 0.575 bits per heavy atom. The summed E-state index contributed by atoms with van der Waals surface area (Å²) in [6.45, 7) is 3.80. The zero-order valence-electron chi connectivity index (χ0n) is 61.9. The van der Waals surface area contributed by atoms with E-state index in [2.05, 4.69) is 82.3 Å². The van der Waals surface area contributed by atoms with Crippen molar-refractivity contribution in [3.63, 3.8) is 0 Å². The summed E-state index contributed by atoms with van der Waals surface area (Å²) in [6.07, 6.45) is -0.566. The minimum absolute atomic E-state index is 0. The number of pyridine rings is 1. The Morgan fingerprint density at radius 3 is 1.61 bits per heavy atom. The number of imidazole rings is 1. The lowest BCUT2D eigenvalue weighted by Gasteiger charge is -2.19. The topological polar surface area (TPSA) is 716 Å². The number of aryl methyl sites for hydroxylation is 2. The summed E-state index contributed by atoms with van der Waals surface area (Å²) in [5.41, 5.74) is 0.0972. The summed E-state index contributed by atoms with van der Waals surface area (Å²) < 4.78 is 265. The van der Waals surface area contributed by atoms with Crippen LogP contribution in [0.25, 0.3) is 16.7 Å². The smallest absolute Gasteiger partial charge is 0.425 e. The molecule has 9 rings (SSSR count). The molecule has 0 radical (unpaired) electrons. The van der Waals surface area contributed by atoms with Crippen LogP contribution < -0.4 is 20.3 Å². The monoisotopic (exact) mass is 1860 g/mol. The van der Waals surface area contributed by atoms with E-state index in [4.69, 9.17) is 30.0 Å². The van der Waals surface area contributed by atoms with Gasteiger partial charge in [0.15, 0.2) is 11.3 Å². The molecular formula is C63H70N18O29S10. The molecule has 120 heavy (non-hydrogen) atoms. The Bertz CT molecular complexity index is 6470. The lowest BCUT2D eigenvalue weighted by Crippen LogP contribution is -2.27. The maximum absolute atomic E-state index is 12.4. The van der Waals surface area contributed by atoms with Gasteiger partial charge in [-0.05, 0) is 129 Å². The number of hydrogen-bond donors (Lipinski definition) is 9. The van der Waals surface area contributed by atoms with Crippen LogP contribution in [0.5, 0.6) is 11.6 Å². The van der Waals surface area contributed by atoms with Gasteiger partial charge < -0.3 is 30.1 Å². The number of methoxy groups -OCH3 is 1. The molecule has 3 aromatic heterocycles. The van der Waals surface area contributed by atoms with Gasteiger partial charge in [-0.1, -0.05) is 25.6 Å². The van der Waals surface area contributed by atoms with Crippen LogP contribution in [-0.4, -0.2) is 206 Å². The Labute approximate surface area is 695 Å². The van der Waals surface area contributed by atoms with Crippen LogP contribution in [0.2, 0.25) is 0 Å². The van der Waals surface area contributed by atoms with Crippen molar-refractivity contribution in [2.75, 3.05) is 84.5 Å². The zero-order chi connectivity index (χ0) is 88.7. The molecule has 0 saturated carbocycles. The first-order valence-electron chi connectivity index (χ1n) is 32.6. The molecular weight excluding hydrogens is 1790 g/mol. The molecule has 57 heteroatoms. The third kappa shape index (κ3) is 31.6. The molecule has 646 valence electrons. The van der Waals surface area contributed by atoms with Crippen LogP contribution >= 0.6 is 23.5 Å². The molecule has 0 spiro atoms. The highest BCUT2D eigenvalue weighted by Gasteiger charge is 2.25. The van der Waals surface area contributed by atoms with Crippen LogP contribution in [0.1, 0.15) is 48.9 Å². The van der Waals surface area contributed by atoms with Crippen LogP contribution in [0.4, 0.5) is 80.4 Å². The van der Waals surface area contributed by atoms with Crippen LogP contribution in [0.3, 0.4) is 0 Å². The number of aromatic nitrogens is 5. The number of hydrogen-bond acceptors (Lipinski definition) is 41. The first-order chi connectivity index (χ1) is 55.5. The fourth-order valence-electron chi connectivity index (χ4n) is 9.67. The molecule has 0 aliphatic carbocycles. The minimum atomic E-state index is -5.13. The molecule has 9 aromatic rings. The predicted octanol–water partition coefficient (Wildman–Crippen LogP) is 11.3. The molecule has 0 aliphatic heterocycles. The highest BCUT2D eigenvalue weighted by molar-refractivity contribution is 7.99. The largest absolute Gasteiger partial charge is 0.493 e. The molecule has 0 unspecified atom stereocenters. The number of benzene rings is 6. The Hall–Kier alpha value is -11.1. The van der Waals surface area contributed by atoms with Crippen molar-refractivity contribution >= 4 is 203 Å². The Morgan fingerprint density at radius 2 is 1.07 bits per heavy atom. The first-order valence-corrected chi connectivity index (χ1v) is 45.9. The van der Waals surface area contributed by atoms with E-state index < -0.39 is 149 Å². The van der Waals surface area contributed by atoms with E-state index in [-0.39, 0.29) is 146 Å². The van der Waals surface area contributed by atoms with E-state index in [1.165, 1.54) is 78.7 Å². The van der Waals surface area contributed by atoms with Crippen molar-refractivity contribution in [2.45, 2.75) is 67.0 Å². The number of fused-ring (bicyclic) bond motifs is 3. The average Bonchev–Trinajstić information content (AvgIpc) is 1.58. The second-order valence-corrected chi connectivity index (χ2v) is 36.0. The Kier molecular flexibility index (Phi) is 36.3. The number of nitrogens with one attached hydrogen (secondary N) is 2. The maximum atomic E-state index is 12.4. The van der Waals surface area contributed by atoms with Gasteiger partial charge in [-0.3, -0.25) is 41.8 Å². The minimum Gasteiger partial charge on any atom is -0.493 e. The molecule has 9 N–H and O–H groups in total. The van der Waals surface area contributed by atoms with Gasteiger partial charge >= 0.3 is 21.2 Å². The summed E-state index contributed by atoms with van der Waals surface area (Å²) in [5, 5.41) is 74.6. The van der Waals surface area contributed by atoms with Crippen LogP contribution in [-0.2, 0) is 86.7 Å². The molecule has 0 atom stereocenters. The highest BCUT2D eigenvalue weighted by atomic mass is 32.2. The van der Waals surface area contributed by atoms with Gasteiger partial charge in [0, 0.05) is 67.1 Å². The van der Waals surface area contributed by atoms with Crippen LogP contribution in [0.15, 0.2) is 164 Å². The first kappa shape index (κ1) is 99.5. The molecule has 0 saturated heterocycles. The second kappa shape index (κ2) is 43.8. The number of aromatic hydroxyl groups is 1. The molecule has 0 amide bonds. The molecule has 6 aromatic carbocycles. The molecule has 3 heterocycles. The van der Waals surface area contributed by atoms with Gasteiger partial charge in [-0.2, -0.15) is 80.9 Å². The number of para-hydroxylation sites is 2. The standard InChI is InChI=1S/C60H60N18O22S8.C2H6O.CH4.2O3S/c1-34-25-47(72-75-55-36(3)40(33-61)56-63-41-13-5-6-14-50(41)77(56)57(55)79)51(100-18-8-21-103(82,83)84)30-43(34)69-74-49-29-45(64-59-65-58(62-37-11-7-12-39(27-37)107(94,95)96)66-60(67-59)76(4)17-24-106(91,92)93)46(32-53(49)102-20-10-23-105(88,89)90)71-73-48-26-35(2)44(31-52(48)101-19-9-22-104(85,86)87)70-68-42-16-15-38(78(80)81)28-54(42)108(97,98)99;1-3-2;;2*1-4(2)3/h5-7,11-16,25-32,79H,8-10,17-24H2,1-4H3,(H,82,83,84)(H,85,86,87)(H,88,89,90)(H,91,92,93)(H,94,95,96)(H,97,98,99)(H2,62,64,65,66,67);1-2H3;1H4;;. The summed E-state index contributed by atoms with van der Waals surface area (Å²) in [5.74, 6) is -4.69. The van der Waals surface area contributed by atoms with E-state index in [0.29, 0.717) is 22.7 Å². The average molecular weight is 1860 g/mol. The zero-order valence-corrected chi connectivity index (χ0v) is 70.1. The molecule has 0 fully saturated rings. The quantitative estimate of drug-likeness (QED) is 0.00452. The molecule has 47 nitrogen and oxygen atoms in total. The van der Waals surface area contributed by atoms with Crippen molar-refractivity contribution in [1.29, 1.82) is 5.26 Å². The fraction of sp³-hybridized carbons (Fsp3) is 0.286. The third-order valence-electron chi connectivity index (χ3n) is 14.9. The number of ether oxygens (including phenoxy) is 2. The van der Waals surface area contributed by atoms with Crippen molar-refractivity contribution in [2.24, 2.45) is 40.9 Å². The van der Waals surface area contributed by atoms with E-state index >= 15 is 0 Å². The van der Waals surface area contributed by atoms with Crippen molar-refractivity contribution in [3.8, 4) is 17.7 Å². The normalized spacial score (nSPS) is 12.0. The highest BCUT2D eigenvalue weighted by Crippen LogP contribution is 2.46. The SMILES string of the molecule is C.COC.Cc1cc(N=Nc2c(C)c(C#N)c3nc4ccccc4n3c2O)c(OCCCS(=O)(=O)O)cc1N=Nc1cc(Nc2nc(Nc3cccc(S(=O)(=O)O)c3)nc(N(C)CCS(=O)(=O)O)n2)c(N=Nc2cc(C)c(N=Nc3ccc([N+](=O)[O-])cc3S(=O)(=O)O)cc2SCCCS(=O)(=O)O)cc1SCCCS(=O)(=O)O.O=S(=O)=O.O=S(=O)=O. The second-order valence-electron chi connectivity index (χ2n) is 23.8. The number of nitro groups is 1. The van der Waals surface area contributed by atoms with E-state index in [0.717, 1.165) is 47.8 Å².